The lowest BCUT2D eigenvalue weighted by atomic mass is 9.92. The van der Waals surface area contributed by atoms with Crippen LogP contribution in [-0.4, -0.2) is 37.6 Å². The number of carbonyl (C=O) groups is 1. The largest absolute Gasteiger partial charge is 0.384 e. The van der Waals surface area contributed by atoms with E-state index in [1.165, 1.54) is 0 Å². The van der Waals surface area contributed by atoms with E-state index in [1.54, 1.807) is 7.11 Å². The fourth-order valence-corrected chi connectivity index (χ4v) is 2.96. The summed E-state index contributed by atoms with van der Waals surface area (Å²) in [6, 6.07) is 9.61. The third-order valence-corrected chi connectivity index (χ3v) is 4.44. The van der Waals surface area contributed by atoms with Crippen molar-refractivity contribution in [1.82, 2.24) is 4.90 Å². The summed E-state index contributed by atoms with van der Waals surface area (Å²) >= 11 is 0. The van der Waals surface area contributed by atoms with Crippen LogP contribution in [0.15, 0.2) is 30.3 Å². The number of carbonyl (C=O) groups excluding carboxylic acids is 1. The van der Waals surface area contributed by atoms with Crippen LogP contribution in [0.2, 0.25) is 0 Å². The minimum Gasteiger partial charge on any atom is -0.384 e. The predicted molar refractivity (Wildman–Crippen MR) is 91.0 cm³/mol. The molecule has 5 heteroatoms. The molecule has 0 aromatic heterocycles. The van der Waals surface area contributed by atoms with Crippen molar-refractivity contribution in [1.29, 1.82) is 0 Å². The van der Waals surface area contributed by atoms with E-state index in [2.05, 4.69) is 0 Å². The van der Waals surface area contributed by atoms with E-state index >= 15 is 0 Å². The van der Waals surface area contributed by atoms with Gasteiger partial charge in [-0.2, -0.15) is 0 Å². The number of rotatable bonds is 5. The maximum Gasteiger partial charge on any atom is 0.227 e. The molecule has 1 aliphatic rings. The van der Waals surface area contributed by atoms with E-state index < -0.39 is 0 Å². The zero-order valence-corrected chi connectivity index (χ0v) is 14.2. The summed E-state index contributed by atoms with van der Waals surface area (Å²) in [7, 11) is 1.73. The summed E-state index contributed by atoms with van der Waals surface area (Å²) in [5, 5.41) is 0. The second-order valence-electron chi connectivity index (χ2n) is 5.95. The Balaban J connectivity index is 0.00000242. The maximum absolute atomic E-state index is 12.6. The minimum atomic E-state index is -0.240. The number of hydrogen-bond acceptors (Lipinski definition) is 3. The molecule has 1 aromatic rings. The SMILES string of the molecule is COCC1CCN(C(=O)C(C)C(N)c2ccccc2)CC1.Cl. The lowest BCUT2D eigenvalue weighted by Crippen LogP contribution is -2.44. The number of piperidine rings is 1. The van der Waals surface area contributed by atoms with Crippen molar-refractivity contribution in [3.05, 3.63) is 35.9 Å². The van der Waals surface area contributed by atoms with Crippen LogP contribution in [0.5, 0.6) is 0 Å². The van der Waals surface area contributed by atoms with Crippen LogP contribution < -0.4 is 5.73 Å². The number of amides is 1. The first-order valence-electron chi connectivity index (χ1n) is 7.71. The van der Waals surface area contributed by atoms with Gasteiger partial charge in [-0.3, -0.25) is 4.79 Å². The van der Waals surface area contributed by atoms with Gasteiger partial charge in [0.1, 0.15) is 0 Å². The van der Waals surface area contributed by atoms with Crippen LogP contribution in [0, 0.1) is 11.8 Å². The van der Waals surface area contributed by atoms with E-state index in [4.69, 9.17) is 10.5 Å². The molecule has 1 heterocycles. The smallest absolute Gasteiger partial charge is 0.227 e. The van der Waals surface area contributed by atoms with Gasteiger partial charge in [0, 0.05) is 32.8 Å². The number of halogens is 1. The molecule has 0 radical (unpaired) electrons. The molecule has 0 spiro atoms. The van der Waals surface area contributed by atoms with Crippen LogP contribution in [0.1, 0.15) is 31.4 Å². The fourth-order valence-electron chi connectivity index (χ4n) is 2.96. The second-order valence-corrected chi connectivity index (χ2v) is 5.95. The predicted octanol–water partition coefficient (Wildman–Crippen LogP) is 2.63. The summed E-state index contributed by atoms with van der Waals surface area (Å²) in [6.07, 6.45) is 2.04. The molecule has 2 unspecified atom stereocenters. The van der Waals surface area contributed by atoms with Crippen LogP contribution in [0.3, 0.4) is 0 Å². The Kier molecular flexibility index (Phi) is 7.87. The molecule has 2 rings (SSSR count). The molecule has 2 N–H and O–H groups in total. The molecule has 1 saturated heterocycles. The molecule has 1 aliphatic heterocycles. The summed E-state index contributed by atoms with van der Waals surface area (Å²) in [5.74, 6) is 0.561. The van der Waals surface area contributed by atoms with Crippen molar-refractivity contribution in [3.8, 4) is 0 Å². The van der Waals surface area contributed by atoms with Crippen LogP contribution in [0.4, 0.5) is 0 Å². The van der Waals surface area contributed by atoms with Crippen molar-refractivity contribution >= 4 is 18.3 Å². The zero-order valence-electron chi connectivity index (χ0n) is 13.4. The Hall–Kier alpha value is -1.10. The van der Waals surface area contributed by atoms with Crippen molar-refractivity contribution in [2.24, 2.45) is 17.6 Å². The maximum atomic E-state index is 12.6. The number of hydrogen-bond donors (Lipinski definition) is 1. The highest BCUT2D eigenvalue weighted by Crippen LogP contribution is 2.24. The summed E-state index contributed by atoms with van der Waals surface area (Å²) < 4.78 is 5.20. The van der Waals surface area contributed by atoms with Gasteiger partial charge in [-0.1, -0.05) is 37.3 Å². The Morgan fingerprint density at radius 3 is 2.45 bits per heavy atom. The van der Waals surface area contributed by atoms with Gasteiger partial charge in [-0.05, 0) is 24.3 Å². The third kappa shape index (κ3) is 4.70. The van der Waals surface area contributed by atoms with E-state index in [0.717, 1.165) is 38.1 Å². The van der Waals surface area contributed by atoms with Crippen LogP contribution >= 0.6 is 12.4 Å². The van der Waals surface area contributed by atoms with Crippen LogP contribution in [-0.2, 0) is 9.53 Å². The quantitative estimate of drug-likeness (QED) is 0.905. The van der Waals surface area contributed by atoms with E-state index in [9.17, 15) is 4.79 Å². The molecular formula is C17H27ClN2O2. The number of benzene rings is 1. The third-order valence-electron chi connectivity index (χ3n) is 4.44. The van der Waals surface area contributed by atoms with Gasteiger partial charge in [-0.25, -0.2) is 0 Å². The second kappa shape index (κ2) is 9.13. The topological polar surface area (TPSA) is 55.6 Å². The first-order chi connectivity index (χ1) is 10.1. The summed E-state index contributed by atoms with van der Waals surface area (Å²) in [5.41, 5.74) is 7.27. The highest BCUT2D eigenvalue weighted by Gasteiger charge is 2.29. The first-order valence-corrected chi connectivity index (χ1v) is 7.71. The molecule has 0 bridgehead atoms. The van der Waals surface area contributed by atoms with E-state index in [-0.39, 0.29) is 30.3 Å². The highest BCUT2D eigenvalue weighted by atomic mass is 35.5. The van der Waals surface area contributed by atoms with Gasteiger partial charge < -0.3 is 15.4 Å². The molecule has 0 aliphatic carbocycles. The Labute approximate surface area is 139 Å². The van der Waals surface area contributed by atoms with Gasteiger partial charge in [0.25, 0.3) is 0 Å². The first kappa shape index (κ1) is 18.9. The summed E-state index contributed by atoms with van der Waals surface area (Å²) in [6.45, 7) is 4.36. The molecule has 1 fully saturated rings. The molecule has 4 nitrogen and oxygen atoms in total. The van der Waals surface area contributed by atoms with E-state index in [0.29, 0.717) is 5.92 Å². The zero-order chi connectivity index (χ0) is 15.2. The standard InChI is InChI=1S/C17H26N2O2.ClH/c1-13(16(18)15-6-4-3-5-7-15)17(20)19-10-8-14(9-11-19)12-21-2;/h3-7,13-14,16H,8-12,18H2,1-2H3;1H. The van der Waals surface area contributed by atoms with E-state index in [1.807, 2.05) is 42.2 Å². The molecule has 1 aromatic carbocycles. The fraction of sp³-hybridized carbons (Fsp3) is 0.588. The Bertz CT molecular complexity index is 447. The number of nitrogens with two attached hydrogens (primary N) is 1. The molecule has 22 heavy (non-hydrogen) atoms. The van der Waals surface area contributed by atoms with Gasteiger partial charge in [0.15, 0.2) is 0 Å². The van der Waals surface area contributed by atoms with Crippen molar-refractivity contribution in [2.75, 3.05) is 26.8 Å². The van der Waals surface area contributed by atoms with Crippen molar-refractivity contribution in [2.45, 2.75) is 25.8 Å². The monoisotopic (exact) mass is 326 g/mol. The minimum absolute atomic E-state index is 0. The number of likely N-dealkylation sites (tertiary alicyclic amines) is 1. The lowest BCUT2D eigenvalue weighted by molar-refractivity contribution is -0.137. The average Bonchev–Trinajstić information content (AvgIpc) is 2.54. The Morgan fingerprint density at radius 2 is 1.91 bits per heavy atom. The molecule has 1 amide bonds. The van der Waals surface area contributed by atoms with Gasteiger partial charge in [-0.15, -0.1) is 12.4 Å². The van der Waals surface area contributed by atoms with Crippen molar-refractivity contribution in [3.63, 3.8) is 0 Å². The molecular weight excluding hydrogens is 300 g/mol. The molecule has 0 saturated carbocycles. The molecule has 124 valence electrons. The number of methoxy groups -OCH3 is 1. The van der Waals surface area contributed by atoms with Gasteiger partial charge in [0.2, 0.25) is 5.91 Å². The number of nitrogens with zero attached hydrogens (tertiary/aromatic N) is 1. The average molecular weight is 327 g/mol. The number of ether oxygens (including phenoxy) is 1. The van der Waals surface area contributed by atoms with Crippen molar-refractivity contribution < 1.29 is 9.53 Å². The lowest BCUT2D eigenvalue weighted by Gasteiger charge is -2.34. The summed E-state index contributed by atoms with van der Waals surface area (Å²) in [4.78, 5) is 14.6. The van der Waals surface area contributed by atoms with Gasteiger partial charge >= 0.3 is 0 Å². The van der Waals surface area contributed by atoms with Gasteiger partial charge in [0.05, 0.1) is 5.92 Å². The highest BCUT2D eigenvalue weighted by molar-refractivity contribution is 5.85. The van der Waals surface area contributed by atoms with Crippen LogP contribution in [0.25, 0.3) is 0 Å². The molecule has 2 atom stereocenters. The Morgan fingerprint density at radius 1 is 1.32 bits per heavy atom. The normalized spacial score (nSPS) is 18.4.